The molecule has 0 aromatic carbocycles. The zero-order valence-corrected chi connectivity index (χ0v) is 3.96. The molecular weight excluding hydrogens is 138 g/mol. The predicted octanol–water partition coefficient (Wildman–Crippen LogP) is -2.94. The molecule has 33 valence electrons. The average Bonchev–Trinajstić information content (AvgIpc) is 0.811. The van der Waals surface area contributed by atoms with Crippen LogP contribution in [0.4, 0.5) is 0 Å². The van der Waals surface area contributed by atoms with Gasteiger partial charge >= 0.3 is 0 Å². The van der Waals surface area contributed by atoms with Crippen molar-refractivity contribution >= 4 is 0 Å². The third kappa shape index (κ3) is 71.4. The molecule has 0 atom stereocenters. The van der Waals surface area contributed by atoms with Crippen molar-refractivity contribution in [2.24, 2.45) is 0 Å². The van der Waals surface area contributed by atoms with E-state index in [0.717, 1.165) is 0 Å². The molecule has 0 bridgehead atoms. The molecule has 0 saturated heterocycles. The van der Waals surface area contributed by atoms with Gasteiger partial charge < -0.3 is 9.32 Å². The van der Waals surface area contributed by atoms with E-state index in [-0.39, 0.29) is 17.1 Å². The third-order valence-corrected chi connectivity index (χ3v) is 0. The van der Waals surface area contributed by atoms with E-state index in [2.05, 4.69) is 0 Å². The molecule has 5 heavy (non-hydrogen) atoms. The minimum absolute atomic E-state index is 0. The van der Waals surface area contributed by atoms with Crippen molar-refractivity contribution in [1.29, 1.82) is 0 Å². The Balaban J connectivity index is 0. The average molecular weight is 139 g/mol. The summed E-state index contributed by atoms with van der Waals surface area (Å²) in [7, 11) is -2.60. The summed E-state index contributed by atoms with van der Waals surface area (Å²) in [5.41, 5.74) is 0. The van der Waals surface area contributed by atoms with Crippen molar-refractivity contribution < 1.29 is 41.8 Å². The largest absolute Gasteiger partial charge is 0.321 e. The first-order valence-corrected chi connectivity index (χ1v) is 1.43. The molecule has 0 aromatic heterocycles. The van der Waals surface area contributed by atoms with Gasteiger partial charge in [-0.3, -0.25) is 0 Å². The van der Waals surface area contributed by atoms with Crippen LogP contribution in [0.2, 0.25) is 0 Å². The van der Waals surface area contributed by atoms with Crippen LogP contribution in [-0.2, 0) is 17.1 Å². The summed E-state index contributed by atoms with van der Waals surface area (Å²) in [5, 5.41) is 0. The van der Waals surface area contributed by atoms with Crippen LogP contribution >= 0.6 is 0 Å². The summed E-state index contributed by atoms with van der Waals surface area (Å²) in [6, 6.07) is 0. The summed E-state index contributed by atoms with van der Waals surface area (Å²) >= 11 is 0. The summed E-state index contributed by atoms with van der Waals surface area (Å²) in [5.74, 6) is 0. The number of halogens is 1. The summed E-state index contributed by atoms with van der Waals surface area (Å²) in [6.45, 7) is 0. The zero-order chi connectivity index (χ0) is 3.58. The van der Waals surface area contributed by atoms with Crippen molar-refractivity contribution in [2.75, 3.05) is 0 Å². The zero-order valence-electron chi connectivity index (χ0n) is 2.02. The summed E-state index contributed by atoms with van der Waals surface area (Å²) in [4.78, 5) is 0. The van der Waals surface area contributed by atoms with Crippen molar-refractivity contribution in [3.05, 3.63) is 0 Å². The molecule has 0 heterocycles. The van der Waals surface area contributed by atoms with Crippen molar-refractivity contribution in [3.8, 4) is 0 Å². The maximum atomic E-state index is 8.52. The minimum atomic E-state index is -2.60. The molecular formula is HClMnO3. The quantitative estimate of drug-likeness (QED) is 0.365. The normalized spacial score (nSPS) is 7.20. The fourth-order valence-electron chi connectivity index (χ4n) is 0. The molecule has 0 aliphatic rings. The van der Waals surface area contributed by atoms with Gasteiger partial charge in [0.15, 0.2) is 0 Å². The first-order chi connectivity index (χ1) is 1.73. The molecule has 1 N–H and O–H groups in total. The molecule has 0 aliphatic carbocycles. The Bertz CT molecular complexity index is 11.6. The molecule has 0 spiro atoms. The Kier molecular flexibility index (Phi) is 8.62. The topological polar surface area (TPSA) is 66.3 Å². The predicted molar refractivity (Wildman–Crippen MR) is 2.22 cm³/mol. The third-order valence-electron chi connectivity index (χ3n) is 0. The Morgan fingerprint density at radius 1 is 1.40 bits per heavy atom. The summed E-state index contributed by atoms with van der Waals surface area (Å²) < 4.78 is 24.0. The molecule has 5 heteroatoms. The van der Waals surface area contributed by atoms with E-state index < -0.39 is 10.8 Å². The van der Waals surface area contributed by atoms with Crippen LogP contribution in [0.15, 0.2) is 0 Å². The monoisotopic (exact) mass is 139 g/mol. The van der Waals surface area contributed by atoms with Gasteiger partial charge in [0.2, 0.25) is 0 Å². The second-order valence-electron chi connectivity index (χ2n) is 0.201. The Morgan fingerprint density at radius 2 is 1.40 bits per heavy atom. The second kappa shape index (κ2) is 4.69. The van der Waals surface area contributed by atoms with Crippen LogP contribution in [0.25, 0.3) is 0 Å². The van der Waals surface area contributed by atoms with Gasteiger partial charge in [0.25, 0.3) is 10.8 Å². The Morgan fingerprint density at radius 3 is 1.40 bits per heavy atom. The fourth-order valence-corrected chi connectivity index (χ4v) is 0. The molecule has 0 fully saturated rings. The number of hydrogen-bond donors (Lipinski definition) is 1. The van der Waals surface area contributed by atoms with E-state index in [1.807, 2.05) is 0 Å². The van der Waals surface area contributed by atoms with Gasteiger partial charge in [0.05, 0.1) is 0 Å². The van der Waals surface area contributed by atoms with Crippen LogP contribution in [0.1, 0.15) is 0 Å². The van der Waals surface area contributed by atoms with Gasteiger partial charge in [-0.2, -0.15) is 0 Å². The molecule has 0 aromatic rings. The van der Waals surface area contributed by atoms with Crippen LogP contribution in [-0.4, -0.2) is 4.66 Å². The van der Waals surface area contributed by atoms with Crippen LogP contribution < -0.4 is 9.32 Å². The number of hydrogen-bond acceptors (Lipinski definition) is 3. The van der Waals surface area contributed by atoms with Crippen LogP contribution in [0.3, 0.4) is 0 Å². The van der Waals surface area contributed by atoms with E-state index in [9.17, 15) is 0 Å². The smallest absolute Gasteiger partial charge is 0.282 e. The molecule has 3 nitrogen and oxygen atoms in total. The molecule has 0 unspecified atom stereocenters. The van der Waals surface area contributed by atoms with Gasteiger partial charge in [-0.05, 0) is 0 Å². The minimum Gasteiger partial charge on any atom is -0.321 e. The molecule has 0 saturated carbocycles. The first kappa shape index (κ1) is 9.19. The Hall–Kier alpha value is 0.689. The molecule has 0 aliphatic heterocycles. The summed E-state index contributed by atoms with van der Waals surface area (Å²) in [6.07, 6.45) is 0. The maximum absolute atomic E-state index is 8.52. The Labute approximate surface area is 42.5 Å². The van der Waals surface area contributed by atoms with Gasteiger partial charge in [0, 0.05) is 21.7 Å². The van der Waals surface area contributed by atoms with Gasteiger partial charge in [-0.25, -0.2) is 0 Å². The van der Waals surface area contributed by atoms with Gasteiger partial charge in [-0.15, -0.1) is 0 Å². The molecule has 1 radical (unpaired) electrons. The van der Waals surface area contributed by atoms with E-state index in [1.165, 1.54) is 0 Å². The molecule has 0 amide bonds. The maximum Gasteiger partial charge on any atom is 0.282 e. The first-order valence-electron chi connectivity index (χ1n) is 0.478. The van der Waals surface area contributed by atoms with E-state index in [4.69, 9.17) is 14.0 Å². The van der Waals surface area contributed by atoms with Crippen LogP contribution in [0, 0.1) is 10.8 Å². The fraction of sp³-hybridized carbons (Fsp3) is 0. The number of rotatable bonds is 0. The standard InChI is InChI=1S/ClHO3.Mn/c2-1(3)4;/h2H;. The van der Waals surface area contributed by atoms with Gasteiger partial charge in [0.1, 0.15) is 0 Å². The molecule has 0 rings (SSSR count). The van der Waals surface area contributed by atoms with Crippen molar-refractivity contribution in [3.63, 3.8) is 0 Å². The van der Waals surface area contributed by atoms with E-state index in [1.54, 1.807) is 0 Å². The SMILES string of the molecule is [Mn].[O-][Cl+2]([O-])O. The van der Waals surface area contributed by atoms with Crippen molar-refractivity contribution in [2.45, 2.75) is 0 Å². The second-order valence-corrected chi connectivity index (χ2v) is 0.603. The van der Waals surface area contributed by atoms with E-state index >= 15 is 0 Å². The van der Waals surface area contributed by atoms with Crippen molar-refractivity contribution in [1.82, 2.24) is 0 Å². The van der Waals surface area contributed by atoms with E-state index in [0.29, 0.717) is 0 Å². The van der Waals surface area contributed by atoms with Crippen LogP contribution in [0.5, 0.6) is 0 Å². The van der Waals surface area contributed by atoms with Gasteiger partial charge in [-0.1, -0.05) is 0 Å².